The van der Waals surface area contributed by atoms with Crippen molar-refractivity contribution in [3.05, 3.63) is 29.3 Å². The van der Waals surface area contributed by atoms with Crippen LogP contribution in [0.2, 0.25) is 6.04 Å². The predicted molar refractivity (Wildman–Crippen MR) is 94.9 cm³/mol. The fourth-order valence-electron chi connectivity index (χ4n) is 2.28. The molecule has 0 amide bonds. The summed E-state index contributed by atoms with van der Waals surface area (Å²) in [6.07, 6.45) is 1.67. The molecule has 0 spiro atoms. The fourth-order valence-corrected chi connectivity index (χ4v) is 6.04. The van der Waals surface area contributed by atoms with Gasteiger partial charge < -0.3 is 18.4 Å². The maximum Gasteiger partial charge on any atom is 0.501 e. The quantitative estimate of drug-likeness (QED) is 0.350. The Morgan fingerprint density at radius 1 is 1.14 bits per heavy atom. The van der Waals surface area contributed by atoms with Crippen LogP contribution in [0.1, 0.15) is 31.4 Å². The number of rotatable bonds is 10. The number of hydrogen-bond donors (Lipinski definition) is 1. The third-order valence-corrected chi connectivity index (χ3v) is 7.16. The summed E-state index contributed by atoms with van der Waals surface area (Å²) in [7, 11) is -2.57. The summed E-state index contributed by atoms with van der Waals surface area (Å²) in [4.78, 5) is 0. The lowest BCUT2D eigenvalue weighted by molar-refractivity contribution is 0.0839. The highest BCUT2D eigenvalue weighted by Gasteiger charge is 2.39. The van der Waals surface area contributed by atoms with E-state index in [4.69, 9.17) is 13.3 Å². The number of aromatic hydroxyl groups is 1. The highest BCUT2D eigenvalue weighted by molar-refractivity contribution is 14.1. The Hall–Kier alpha value is -0.153. The van der Waals surface area contributed by atoms with Gasteiger partial charge in [-0.2, -0.15) is 0 Å². The zero-order valence-corrected chi connectivity index (χ0v) is 16.2. The van der Waals surface area contributed by atoms with Crippen molar-refractivity contribution < 1.29 is 18.4 Å². The first kappa shape index (κ1) is 18.9. The van der Waals surface area contributed by atoms with Gasteiger partial charge in [-0.05, 0) is 44.7 Å². The second-order valence-corrected chi connectivity index (χ2v) is 8.09. The molecule has 6 heteroatoms. The van der Waals surface area contributed by atoms with Gasteiger partial charge in [-0.25, -0.2) is 0 Å². The third-order valence-electron chi connectivity index (χ3n) is 3.25. The van der Waals surface area contributed by atoms with Crippen LogP contribution in [0.4, 0.5) is 0 Å². The van der Waals surface area contributed by atoms with Crippen LogP contribution in [0.25, 0.3) is 0 Å². The van der Waals surface area contributed by atoms with Gasteiger partial charge in [0.05, 0.1) is 4.61 Å². The molecular weight excluding hydrogens is 399 g/mol. The first-order chi connectivity index (χ1) is 10.1. The highest BCUT2D eigenvalue weighted by Crippen LogP contribution is 2.25. The molecule has 4 nitrogen and oxygen atoms in total. The fraction of sp³-hybridized carbons (Fsp3) is 0.600. The molecule has 0 bridgehead atoms. The molecule has 0 saturated carbocycles. The SMILES string of the molecule is CCO[Si](CCCc1cccc(C)c1O)(OCC)OCI. The lowest BCUT2D eigenvalue weighted by Crippen LogP contribution is -2.45. The third kappa shape index (κ3) is 5.86. The molecule has 1 N–H and O–H groups in total. The summed E-state index contributed by atoms with van der Waals surface area (Å²) < 4.78 is 18.0. The van der Waals surface area contributed by atoms with Crippen molar-refractivity contribution in [2.45, 2.75) is 39.7 Å². The van der Waals surface area contributed by atoms with E-state index in [9.17, 15) is 5.11 Å². The van der Waals surface area contributed by atoms with Gasteiger partial charge in [-0.3, -0.25) is 0 Å². The van der Waals surface area contributed by atoms with Crippen LogP contribution in [-0.4, -0.2) is 31.7 Å². The van der Waals surface area contributed by atoms with Gasteiger partial charge in [-0.15, -0.1) is 0 Å². The van der Waals surface area contributed by atoms with Crippen LogP contribution in [0.5, 0.6) is 5.75 Å². The Balaban J connectivity index is 2.65. The largest absolute Gasteiger partial charge is 0.507 e. The molecule has 21 heavy (non-hydrogen) atoms. The molecule has 0 atom stereocenters. The molecule has 0 fully saturated rings. The topological polar surface area (TPSA) is 47.9 Å². The minimum absolute atomic E-state index is 0.396. The summed E-state index contributed by atoms with van der Waals surface area (Å²) in [5.41, 5.74) is 1.88. The molecular formula is C15H25IO4Si. The first-order valence-electron chi connectivity index (χ1n) is 7.33. The molecule has 0 heterocycles. The molecule has 0 unspecified atom stereocenters. The van der Waals surface area contributed by atoms with Crippen LogP contribution in [0, 0.1) is 6.92 Å². The molecule has 0 radical (unpaired) electrons. The highest BCUT2D eigenvalue weighted by atomic mass is 127. The average Bonchev–Trinajstić information content (AvgIpc) is 2.44. The van der Waals surface area contributed by atoms with Crippen molar-refractivity contribution in [3.63, 3.8) is 0 Å². The Bertz CT molecular complexity index is 411. The predicted octanol–water partition coefficient (Wildman–Crippen LogP) is 4.05. The van der Waals surface area contributed by atoms with Crippen LogP contribution in [0.15, 0.2) is 18.2 Å². The van der Waals surface area contributed by atoms with E-state index in [-0.39, 0.29) is 0 Å². The summed E-state index contributed by atoms with van der Waals surface area (Å²) in [6, 6.07) is 6.62. The number of halogens is 1. The van der Waals surface area contributed by atoms with E-state index in [1.165, 1.54) is 0 Å². The van der Waals surface area contributed by atoms with E-state index in [0.717, 1.165) is 30.0 Å². The second kappa shape index (κ2) is 9.78. The van der Waals surface area contributed by atoms with Crippen LogP contribution in [-0.2, 0) is 19.7 Å². The molecule has 1 aromatic carbocycles. The Labute approximate surface area is 142 Å². The van der Waals surface area contributed by atoms with Crippen molar-refractivity contribution in [1.82, 2.24) is 0 Å². The molecule has 0 aliphatic rings. The van der Waals surface area contributed by atoms with E-state index >= 15 is 0 Å². The number of aryl methyl sites for hydroxylation is 2. The van der Waals surface area contributed by atoms with Gasteiger partial charge in [0.2, 0.25) is 0 Å². The summed E-state index contributed by atoms with van der Waals surface area (Å²) >= 11 is 2.18. The van der Waals surface area contributed by atoms with Crippen molar-refractivity contribution in [2.24, 2.45) is 0 Å². The Kier molecular flexibility index (Phi) is 8.80. The van der Waals surface area contributed by atoms with E-state index in [1.807, 2.05) is 39.0 Å². The van der Waals surface area contributed by atoms with Gasteiger partial charge >= 0.3 is 8.80 Å². The van der Waals surface area contributed by atoms with Crippen molar-refractivity contribution in [2.75, 3.05) is 17.8 Å². The lowest BCUT2D eigenvalue weighted by Gasteiger charge is -2.28. The zero-order chi connectivity index (χ0) is 15.7. The van der Waals surface area contributed by atoms with Gasteiger partial charge in [0.15, 0.2) is 0 Å². The Morgan fingerprint density at radius 3 is 2.38 bits per heavy atom. The minimum Gasteiger partial charge on any atom is -0.507 e. The lowest BCUT2D eigenvalue weighted by atomic mass is 10.1. The number of phenols is 1. The standard InChI is InChI=1S/C15H25IO4Si/c1-4-18-21(19-5-2,20-12-16)11-7-10-14-9-6-8-13(3)15(14)17/h6,8-9,17H,4-5,7,10-12H2,1-3H3. The van der Waals surface area contributed by atoms with Gasteiger partial charge in [0.25, 0.3) is 0 Å². The smallest absolute Gasteiger partial charge is 0.501 e. The van der Waals surface area contributed by atoms with Gasteiger partial charge in [0, 0.05) is 19.3 Å². The van der Waals surface area contributed by atoms with Crippen LogP contribution < -0.4 is 0 Å². The monoisotopic (exact) mass is 424 g/mol. The first-order valence-corrected chi connectivity index (χ1v) is 10.8. The molecule has 0 aliphatic carbocycles. The van der Waals surface area contributed by atoms with E-state index in [0.29, 0.717) is 23.6 Å². The normalized spacial score (nSPS) is 11.8. The van der Waals surface area contributed by atoms with Crippen molar-refractivity contribution in [1.29, 1.82) is 0 Å². The van der Waals surface area contributed by atoms with Crippen molar-refractivity contribution in [3.8, 4) is 5.75 Å². The Morgan fingerprint density at radius 2 is 1.81 bits per heavy atom. The van der Waals surface area contributed by atoms with Crippen LogP contribution in [0.3, 0.4) is 0 Å². The van der Waals surface area contributed by atoms with Crippen molar-refractivity contribution >= 4 is 31.4 Å². The molecule has 1 aromatic rings. The number of phenolic OH excluding ortho intramolecular Hbond substituents is 1. The molecule has 0 aliphatic heterocycles. The zero-order valence-electron chi connectivity index (χ0n) is 13.0. The molecule has 0 saturated heterocycles. The minimum atomic E-state index is -2.57. The molecule has 120 valence electrons. The number of para-hydroxylation sites is 1. The number of benzene rings is 1. The average molecular weight is 424 g/mol. The summed E-state index contributed by atoms with van der Waals surface area (Å²) in [5.74, 6) is 0.396. The molecule has 0 aromatic heterocycles. The van der Waals surface area contributed by atoms with Gasteiger partial charge in [-0.1, -0.05) is 40.8 Å². The van der Waals surface area contributed by atoms with E-state index in [1.54, 1.807) is 0 Å². The van der Waals surface area contributed by atoms with E-state index in [2.05, 4.69) is 22.6 Å². The maximum atomic E-state index is 10.1. The second-order valence-electron chi connectivity index (χ2n) is 4.74. The van der Waals surface area contributed by atoms with E-state index < -0.39 is 8.80 Å². The summed E-state index contributed by atoms with van der Waals surface area (Å²) in [5, 5.41) is 10.1. The van der Waals surface area contributed by atoms with Crippen LogP contribution >= 0.6 is 22.6 Å². The summed E-state index contributed by atoms with van der Waals surface area (Å²) in [6.45, 7) is 7.03. The van der Waals surface area contributed by atoms with Gasteiger partial charge in [0.1, 0.15) is 5.75 Å². The maximum absolute atomic E-state index is 10.1. The number of hydrogen-bond acceptors (Lipinski definition) is 4. The number of alkyl halides is 1. The molecule has 1 rings (SSSR count).